The minimum atomic E-state index is -1.03. The van der Waals surface area contributed by atoms with Crippen molar-refractivity contribution >= 4 is 28.5 Å². The molecule has 0 aliphatic carbocycles. The van der Waals surface area contributed by atoms with Crippen molar-refractivity contribution in [2.75, 3.05) is 25.1 Å². The Hall–Kier alpha value is -3.58. The van der Waals surface area contributed by atoms with Gasteiger partial charge < -0.3 is 30.1 Å². The molecule has 5 N–H and O–H groups in total. The molecule has 2 heterocycles. The molecule has 190 valence electrons. The summed E-state index contributed by atoms with van der Waals surface area (Å²) in [6.45, 7) is 1.15. The van der Waals surface area contributed by atoms with Crippen molar-refractivity contribution in [1.29, 1.82) is 0 Å². The van der Waals surface area contributed by atoms with Crippen molar-refractivity contribution in [3.8, 4) is 28.8 Å². The number of hydrogen-bond acceptors (Lipinski definition) is 9. The summed E-state index contributed by atoms with van der Waals surface area (Å²) in [6.07, 6.45) is -1.75. The molecule has 0 aliphatic rings. The van der Waals surface area contributed by atoms with Gasteiger partial charge >= 0.3 is 6.01 Å². The van der Waals surface area contributed by atoms with E-state index in [0.29, 0.717) is 28.5 Å². The van der Waals surface area contributed by atoms with Gasteiger partial charge in [0.2, 0.25) is 0 Å². The first kappa shape index (κ1) is 25.5. The van der Waals surface area contributed by atoms with Gasteiger partial charge in [0, 0.05) is 18.2 Å². The van der Waals surface area contributed by atoms with Crippen LogP contribution in [0.2, 0.25) is 5.02 Å². The van der Waals surface area contributed by atoms with Crippen molar-refractivity contribution in [3.63, 3.8) is 0 Å². The number of H-pyrrole nitrogens is 1. The first-order valence-electron chi connectivity index (χ1n) is 10.8. The Kier molecular flexibility index (Phi) is 7.79. The third-order valence-corrected chi connectivity index (χ3v) is 5.22. The van der Waals surface area contributed by atoms with Crippen LogP contribution in [0.15, 0.2) is 36.4 Å². The highest BCUT2D eigenvalue weighted by Gasteiger charge is 2.21. The minimum absolute atomic E-state index is 0.115. The van der Waals surface area contributed by atoms with Crippen molar-refractivity contribution in [2.24, 2.45) is 0 Å². The van der Waals surface area contributed by atoms with Gasteiger partial charge in [0.25, 0.3) is 0 Å². The SMILES string of the molecule is CC(O)CNc1nc(Oc2ccc(F)cc2F)nc2[nH]nc(-c3ccc(OCC(O)CO)cc3Cl)c12. The Morgan fingerprint density at radius 1 is 1.14 bits per heavy atom. The predicted octanol–water partition coefficient (Wildman–Crippen LogP) is 3.27. The largest absolute Gasteiger partial charge is 0.491 e. The summed E-state index contributed by atoms with van der Waals surface area (Å²) in [7, 11) is 0. The zero-order valence-electron chi connectivity index (χ0n) is 18.9. The van der Waals surface area contributed by atoms with E-state index >= 15 is 0 Å². The van der Waals surface area contributed by atoms with Crippen molar-refractivity contribution in [1.82, 2.24) is 20.2 Å². The molecule has 36 heavy (non-hydrogen) atoms. The average Bonchev–Trinajstić information content (AvgIpc) is 3.26. The molecule has 10 nitrogen and oxygen atoms in total. The van der Waals surface area contributed by atoms with Crippen LogP contribution in [0.25, 0.3) is 22.3 Å². The lowest BCUT2D eigenvalue weighted by molar-refractivity contribution is 0.0536. The van der Waals surface area contributed by atoms with Gasteiger partial charge in [0.15, 0.2) is 17.2 Å². The van der Waals surface area contributed by atoms with Crippen molar-refractivity contribution < 1.29 is 33.6 Å². The van der Waals surface area contributed by atoms with E-state index in [0.717, 1.165) is 12.1 Å². The summed E-state index contributed by atoms with van der Waals surface area (Å²) < 4.78 is 38.2. The topological polar surface area (TPSA) is 146 Å². The second-order valence-electron chi connectivity index (χ2n) is 7.85. The molecule has 0 saturated heterocycles. The van der Waals surface area contributed by atoms with Gasteiger partial charge in [-0.05, 0) is 37.3 Å². The highest BCUT2D eigenvalue weighted by molar-refractivity contribution is 6.33. The Morgan fingerprint density at radius 2 is 1.94 bits per heavy atom. The lowest BCUT2D eigenvalue weighted by Crippen LogP contribution is -2.21. The van der Waals surface area contributed by atoms with Crippen LogP contribution < -0.4 is 14.8 Å². The first-order valence-corrected chi connectivity index (χ1v) is 11.2. The molecule has 0 aliphatic heterocycles. The fourth-order valence-electron chi connectivity index (χ4n) is 3.20. The minimum Gasteiger partial charge on any atom is -0.491 e. The van der Waals surface area contributed by atoms with Gasteiger partial charge in [0.05, 0.1) is 23.1 Å². The van der Waals surface area contributed by atoms with Gasteiger partial charge in [0.1, 0.15) is 35.8 Å². The molecule has 13 heteroatoms. The molecule has 4 aromatic rings. The quantitative estimate of drug-likeness (QED) is 0.212. The fraction of sp³-hybridized carbons (Fsp3) is 0.261. The van der Waals surface area contributed by atoms with Crippen LogP contribution >= 0.6 is 11.6 Å². The summed E-state index contributed by atoms with van der Waals surface area (Å²) in [4.78, 5) is 8.54. The number of aliphatic hydroxyl groups is 3. The number of anilines is 1. The first-order chi connectivity index (χ1) is 17.2. The van der Waals surface area contributed by atoms with E-state index < -0.39 is 30.4 Å². The average molecular weight is 522 g/mol. The van der Waals surface area contributed by atoms with Crippen LogP contribution in [-0.2, 0) is 0 Å². The fourth-order valence-corrected chi connectivity index (χ4v) is 3.46. The van der Waals surface area contributed by atoms with Crippen molar-refractivity contribution in [3.05, 3.63) is 53.1 Å². The molecule has 0 saturated carbocycles. The summed E-state index contributed by atoms with van der Waals surface area (Å²) in [6, 6.07) is 7.38. The second-order valence-corrected chi connectivity index (χ2v) is 8.25. The molecule has 0 spiro atoms. The molecular formula is C23H22ClF2N5O5. The number of aromatic amines is 1. The molecule has 0 bridgehead atoms. The lowest BCUT2D eigenvalue weighted by atomic mass is 10.1. The van der Waals surface area contributed by atoms with E-state index in [1.807, 2.05) is 0 Å². The zero-order chi connectivity index (χ0) is 25.8. The number of fused-ring (bicyclic) bond motifs is 1. The number of nitrogens with one attached hydrogen (secondary N) is 2. The van der Waals surface area contributed by atoms with E-state index in [2.05, 4.69) is 25.5 Å². The number of aromatic nitrogens is 4. The highest BCUT2D eigenvalue weighted by atomic mass is 35.5. The van der Waals surface area contributed by atoms with Crippen LogP contribution in [0, 0.1) is 11.6 Å². The maximum Gasteiger partial charge on any atom is 0.326 e. The van der Waals surface area contributed by atoms with E-state index in [1.54, 1.807) is 19.1 Å². The third kappa shape index (κ3) is 5.79. The van der Waals surface area contributed by atoms with Crippen LogP contribution in [0.1, 0.15) is 6.92 Å². The molecule has 0 radical (unpaired) electrons. The van der Waals surface area contributed by atoms with E-state index in [-0.39, 0.29) is 41.4 Å². The number of rotatable bonds is 10. The maximum atomic E-state index is 14.1. The normalized spacial score (nSPS) is 13.0. The predicted molar refractivity (Wildman–Crippen MR) is 127 cm³/mol. The maximum absolute atomic E-state index is 14.1. The van der Waals surface area contributed by atoms with Gasteiger partial charge in [-0.2, -0.15) is 15.1 Å². The van der Waals surface area contributed by atoms with Gasteiger partial charge in [-0.15, -0.1) is 0 Å². The molecule has 2 unspecified atom stereocenters. The number of benzene rings is 2. The van der Waals surface area contributed by atoms with Gasteiger partial charge in [-0.3, -0.25) is 5.10 Å². The Bertz CT molecular complexity index is 1370. The zero-order valence-corrected chi connectivity index (χ0v) is 19.6. The smallest absolute Gasteiger partial charge is 0.326 e. The van der Waals surface area contributed by atoms with E-state index in [4.69, 9.17) is 26.2 Å². The summed E-state index contributed by atoms with van der Waals surface area (Å²) >= 11 is 6.48. The molecule has 2 atom stereocenters. The summed E-state index contributed by atoms with van der Waals surface area (Å²) in [5, 5.41) is 38.9. The van der Waals surface area contributed by atoms with Crippen molar-refractivity contribution in [2.45, 2.75) is 19.1 Å². The summed E-state index contributed by atoms with van der Waals surface area (Å²) in [5.41, 5.74) is 1.11. The monoisotopic (exact) mass is 521 g/mol. The number of nitrogens with zero attached hydrogens (tertiary/aromatic N) is 3. The Balaban J connectivity index is 1.72. The molecule has 0 amide bonds. The highest BCUT2D eigenvalue weighted by Crippen LogP contribution is 2.37. The van der Waals surface area contributed by atoms with E-state index in [9.17, 15) is 19.0 Å². The molecule has 2 aromatic carbocycles. The third-order valence-electron chi connectivity index (χ3n) is 4.91. The Labute approximate surface area is 208 Å². The molecular weight excluding hydrogens is 500 g/mol. The molecule has 0 fully saturated rings. The van der Waals surface area contributed by atoms with Crippen LogP contribution in [0.5, 0.6) is 17.5 Å². The van der Waals surface area contributed by atoms with Crippen LogP contribution in [-0.4, -0.2) is 67.5 Å². The van der Waals surface area contributed by atoms with Gasteiger partial charge in [-0.25, -0.2) is 8.78 Å². The van der Waals surface area contributed by atoms with E-state index in [1.165, 1.54) is 6.07 Å². The number of ether oxygens (including phenoxy) is 2. The number of hydrogen-bond donors (Lipinski definition) is 5. The number of halogens is 3. The Morgan fingerprint density at radius 3 is 2.64 bits per heavy atom. The molecule has 2 aromatic heterocycles. The van der Waals surface area contributed by atoms with Crippen LogP contribution in [0.4, 0.5) is 14.6 Å². The summed E-state index contributed by atoms with van der Waals surface area (Å²) in [5.74, 6) is -1.36. The standard InChI is InChI=1S/C23H22ClF2N5O5/c1-11(33)8-27-21-19-20(15-4-3-14(7-16(15)24)35-10-13(34)9-32)30-31-22(19)29-23(28-21)36-18-5-2-12(25)6-17(18)26/h2-7,11,13,32-34H,8-10H2,1H3,(H2,27,28,29,30,31). The number of aliphatic hydroxyl groups excluding tert-OH is 3. The lowest BCUT2D eigenvalue weighted by Gasteiger charge is -2.13. The van der Waals surface area contributed by atoms with Crippen LogP contribution in [0.3, 0.4) is 0 Å². The molecule has 4 rings (SSSR count). The van der Waals surface area contributed by atoms with Gasteiger partial charge in [-0.1, -0.05) is 11.6 Å². The second kappa shape index (κ2) is 11.0.